The summed E-state index contributed by atoms with van der Waals surface area (Å²) in [4.78, 5) is 17.0. The van der Waals surface area contributed by atoms with Crippen molar-refractivity contribution in [3.8, 4) is 11.5 Å². The molecule has 0 bridgehead atoms. The van der Waals surface area contributed by atoms with Crippen molar-refractivity contribution in [2.24, 2.45) is 0 Å². The minimum atomic E-state index is -0.497. The number of amides is 1. The number of aryl methyl sites for hydroxylation is 2. The average Bonchev–Trinajstić information content (AvgIpc) is 2.70. The molecule has 1 atom stereocenters. The molecule has 1 heterocycles. The molecule has 1 aliphatic rings. The molecular weight excluding hydrogens is 340 g/mol. The zero-order chi connectivity index (χ0) is 19.4. The van der Waals surface area contributed by atoms with Crippen molar-refractivity contribution in [1.82, 2.24) is 4.90 Å². The predicted octanol–water partition coefficient (Wildman–Crippen LogP) is 3.43. The fraction of sp³-hybridized carbons (Fsp3) is 0.409. The summed E-state index contributed by atoms with van der Waals surface area (Å²) in [6.07, 6.45) is -0.497. The van der Waals surface area contributed by atoms with Crippen molar-refractivity contribution in [3.63, 3.8) is 0 Å². The summed E-state index contributed by atoms with van der Waals surface area (Å²) in [6, 6.07) is 14.1. The van der Waals surface area contributed by atoms with Crippen molar-refractivity contribution in [2.45, 2.75) is 26.9 Å². The molecule has 0 aliphatic carbocycles. The number of hydrogen-bond acceptors (Lipinski definition) is 4. The number of para-hydroxylation sites is 2. The number of benzene rings is 2. The molecule has 1 amide bonds. The third-order valence-electron chi connectivity index (χ3n) is 5.01. The van der Waals surface area contributed by atoms with E-state index in [2.05, 4.69) is 11.0 Å². The topological polar surface area (TPSA) is 42.0 Å². The van der Waals surface area contributed by atoms with Gasteiger partial charge in [-0.25, -0.2) is 0 Å². The summed E-state index contributed by atoms with van der Waals surface area (Å²) >= 11 is 0. The number of methoxy groups -OCH3 is 1. The molecule has 144 valence electrons. The van der Waals surface area contributed by atoms with E-state index in [1.165, 1.54) is 0 Å². The Morgan fingerprint density at radius 3 is 2.41 bits per heavy atom. The lowest BCUT2D eigenvalue weighted by molar-refractivity contribution is -0.138. The van der Waals surface area contributed by atoms with Crippen molar-refractivity contribution in [1.29, 1.82) is 0 Å². The van der Waals surface area contributed by atoms with E-state index in [-0.39, 0.29) is 5.91 Å². The fourth-order valence-electron chi connectivity index (χ4n) is 3.39. The molecule has 1 unspecified atom stereocenters. The van der Waals surface area contributed by atoms with E-state index in [0.29, 0.717) is 13.1 Å². The summed E-state index contributed by atoms with van der Waals surface area (Å²) in [5.41, 5.74) is 3.24. The van der Waals surface area contributed by atoms with E-state index in [4.69, 9.17) is 9.47 Å². The van der Waals surface area contributed by atoms with Crippen LogP contribution in [0.5, 0.6) is 11.5 Å². The number of nitrogens with zero attached hydrogens (tertiary/aromatic N) is 2. The van der Waals surface area contributed by atoms with Gasteiger partial charge in [-0.05, 0) is 50.1 Å². The molecule has 3 rings (SSSR count). The second kappa shape index (κ2) is 8.33. The van der Waals surface area contributed by atoms with Crippen LogP contribution >= 0.6 is 0 Å². The van der Waals surface area contributed by atoms with Gasteiger partial charge in [0.15, 0.2) is 6.10 Å². The average molecular weight is 368 g/mol. The Kier molecular flexibility index (Phi) is 5.89. The van der Waals surface area contributed by atoms with Crippen molar-refractivity contribution in [3.05, 3.63) is 53.6 Å². The number of hydrogen-bond donors (Lipinski definition) is 0. The number of carbonyl (C=O) groups excluding carboxylic acids is 1. The Morgan fingerprint density at radius 2 is 1.70 bits per heavy atom. The summed E-state index contributed by atoms with van der Waals surface area (Å²) in [7, 11) is 1.69. The van der Waals surface area contributed by atoms with Gasteiger partial charge in [-0.2, -0.15) is 0 Å². The first-order valence-corrected chi connectivity index (χ1v) is 9.40. The van der Waals surface area contributed by atoms with Crippen LogP contribution in [0.4, 0.5) is 5.69 Å². The number of piperazine rings is 1. The molecule has 0 saturated carbocycles. The third-order valence-corrected chi connectivity index (χ3v) is 5.01. The van der Waals surface area contributed by atoms with Gasteiger partial charge in [-0.1, -0.05) is 24.3 Å². The van der Waals surface area contributed by atoms with Crippen LogP contribution in [0.3, 0.4) is 0 Å². The lowest BCUT2D eigenvalue weighted by Crippen LogP contribution is -2.52. The molecular formula is C22H28N2O3. The Hall–Kier alpha value is -2.69. The Balaban J connectivity index is 1.60. The lowest BCUT2D eigenvalue weighted by atomic mass is 10.1. The van der Waals surface area contributed by atoms with Crippen LogP contribution in [0.1, 0.15) is 18.1 Å². The molecule has 0 aromatic heterocycles. The Morgan fingerprint density at radius 1 is 1.00 bits per heavy atom. The van der Waals surface area contributed by atoms with Crippen LogP contribution in [-0.4, -0.2) is 50.2 Å². The van der Waals surface area contributed by atoms with Crippen molar-refractivity contribution in [2.75, 3.05) is 38.2 Å². The molecule has 2 aromatic carbocycles. The number of anilines is 1. The van der Waals surface area contributed by atoms with Crippen molar-refractivity contribution >= 4 is 11.6 Å². The minimum Gasteiger partial charge on any atom is -0.495 e. The van der Waals surface area contributed by atoms with Gasteiger partial charge in [0, 0.05) is 26.2 Å². The van der Waals surface area contributed by atoms with E-state index in [1.807, 2.05) is 62.1 Å². The predicted molar refractivity (Wildman–Crippen MR) is 108 cm³/mol. The Bertz CT molecular complexity index is 798. The van der Waals surface area contributed by atoms with Crippen molar-refractivity contribution < 1.29 is 14.3 Å². The molecule has 0 radical (unpaired) electrons. The quantitative estimate of drug-likeness (QED) is 0.811. The monoisotopic (exact) mass is 368 g/mol. The van der Waals surface area contributed by atoms with Crippen LogP contribution in [0.2, 0.25) is 0 Å². The highest BCUT2D eigenvalue weighted by Crippen LogP contribution is 2.28. The molecule has 1 fully saturated rings. The molecule has 1 saturated heterocycles. The van der Waals surface area contributed by atoms with Crippen LogP contribution in [-0.2, 0) is 4.79 Å². The maximum Gasteiger partial charge on any atom is 0.263 e. The highest BCUT2D eigenvalue weighted by molar-refractivity contribution is 5.81. The summed E-state index contributed by atoms with van der Waals surface area (Å²) in [6.45, 7) is 8.77. The Labute approximate surface area is 161 Å². The maximum absolute atomic E-state index is 12.8. The minimum absolute atomic E-state index is 0.0376. The van der Waals surface area contributed by atoms with E-state index < -0.39 is 6.10 Å². The molecule has 5 heteroatoms. The largest absolute Gasteiger partial charge is 0.495 e. The smallest absolute Gasteiger partial charge is 0.263 e. The van der Waals surface area contributed by atoms with Gasteiger partial charge in [0.2, 0.25) is 0 Å². The highest BCUT2D eigenvalue weighted by Gasteiger charge is 2.27. The normalized spacial score (nSPS) is 15.4. The second-order valence-electron chi connectivity index (χ2n) is 7.01. The van der Waals surface area contributed by atoms with Gasteiger partial charge < -0.3 is 19.3 Å². The first-order valence-electron chi connectivity index (χ1n) is 9.40. The van der Waals surface area contributed by atoms with Crippen LogP contribution in [0, 0.1) is 13.8 Å². The second-order valence-corrected chi connectivity index (χ2v) is 7.01. The van der Waals surface area contributed by atoms with Gasteiger partial charge >= 0.3 is 0 Å². The molecule has 5 nitrogen and oxygen atoms in total. The number of carbonyl (C=O) groups is 1. The SMILES string of the molecule is COc1ccccc1N1CCN(C(=O)C(C)Oc2cc(C)ccc2C)CC1. The van der Waals surface area contributed by atoms with Gasteiger partial charge in [-0.3, -0.25) is 4.79 Å². The van der Waals surface area contributed by atoms with Gasteiger partial charge in [0.1, 0.15) is 11.5 Å². The van der Waals surface area contributed by atoms with Gasteiger partial charge in [0.05, 0.1) is 12.8 Å². The van der Waals surface area contributed by atoms with E-state index in [9.17, 15) is 4.79 Å². The van der Waals surface area contributed by atoms with Gasteiger partial charge in [0.25, 0.3) is 5.91 Å². The number of rotatable bonds is 5. The lowest BCUT2D eigenvalue weighted by Gasteiger charge is -2.37. The van der Waals surface area contributed by atoms with E-state index in [0.717, 1.165) is 41.4 Å². The maximum atomic E-state index is 12.8. The highest BCUT2D eigenvalue weighted by atomic mass is 16.5. The summed E-state index contributed by atoms with van der Waals surface area (Å²) < 4.78 is 11.4. The summed E-state index contributed by atoms with van der Waals surface area (Å²) in [5, 5.41) is 0. The molecule has 0 spiro atoms. The van der Waals surface area contributed by atoms with Crippen LogP contribution < -0.4 is 14.4 Å². The van der Waals surface area contributed by atoms with Crippen LogP contribution in [0.25, 0.3) is 0 Å². The standard InChI is InChI=1S/C22H28N2O3/c1-16-9-10-17(2)21(15-16)27-18(3)22(25)24-13-11-23(12-14-24)19-7-5-6-8-20(19)26-4/h5-10,15,18H,11-14H2,1-4H3. The van der Waals surface area contributed by atoms with Gasteiger partial charge in [-0.15, -0.1) is 0 Å². The summed E-state index contributed by atoms with van der Waals surface area (Å²) in [5.74, 6) is 1.68. The zero-order valence-electron chi connectivity index (χ0n) is 16.6. The zero-order valence-corrected chi connectivity index (χ0v) is 16.6. The first-order chi connectivity index (χ1) is 13.0. The third kappa shape index (κ3) is 4.35. The molecule has 27 heavy (non-hydrogen) atoms. The molecule has 0 N–H and O–H groups in total. The van der Waals surface area contributed by atoms with Crippen LogP contribution in [0.15, 0.2) is 42.5 Å². The molecule has 2 aromatic rings. The van der Waals surface area contributed by atoms with E-state index >= 15 is 0 Å². The first kappa shape index (κ1) is 19.1. The molecule has 1 aliphatic heterocycles. The number of ether oxygens (including phenoxy) is 2. The van der Waals surface area contributed by atoms with E-state index in [1.54, 1.807) is 7.11 Å². The fourth-order valence-corrected chi connectivity index (χ4v) is 3.39.